The van der Waals surface area contributed by atoms with Crippen LogP contribution in [0.25, 0.3) is 0 Å². The second-order valence-corrected chi connectivity index (χ2v) is 18.9. The van der Waals surface area contributed by atoms with E-state index in [1.807, 2.05) is 6.07 Å². The molecule has 59 heavy (non-hydrogen) atoms. The number of rotatable bonds is 18. The minimum Gasteiger partial charge on any atom is -0.491 e. The highest BCUT2D eigenvalue weighted by Gasteiger charge is 2.39. The minimum atomic E-state index is -0.151. The zero-order valence-electron chi connectivity index (χ0n) is 34.8. The van der Waals surface area contributed by atoms with Crippen LogP contribution in [0.3, 0.4) is 0 Å². The lowest BCUT2D eigenvalue weighted by atomic mass is 9.81. The molecule has 0 saturated carbocycles. The van der Waals surface area contributed by atoms with Gasteiger partial charge in [0.25, 0.3) is 0 Å². The van der Waals surface area contributed by atoms with Crippen LogP contribution in [-0.4, -0.2) is 54.3 Å². The molecule has 0 unspecified atom stereocenters. The van der Waals surface area contributed by atoms with Crippen molar-refractivity contribution >= 4 is 68.8 Å². The van der Waals surface area contributed by atoms with Crippen LogP contribution in [0.1, 0.15) is 90.2 Å². The molecule has 6 rings (SSSR count). The molecule has 310 valence electrons. The number of halogens is 3. The van der Waals surface area contributed by atoms with Gasteiger partial charge in [-0.15, -0.1) is 6.42 Å². The van der Waals surface area contributed by atoms with Crippen molar-refractivity contribution in [2.75, 3.05) is 43.4 Å². The fraction of sp³-hybridized carbons (Fsp3) is 0.400. The Morgan fingerprint density at radius 3 is 2.47 bits per heavy atom. The Morgan fingerprint density at radius 1 is 0.915 bits per heavy atom. The summed E-state index contributed by atoms with van der Waals surface area (Å²) in [5.41, 5.74) is 9.33. The van der Waals surface area contributed by atoms with E-state index in [2.05, 4.69) is 110 Å². The molecule has 2 aliphatic heterocycles. The lowest BCUT2D eigenvalue weighted by Crippen LogP contribution is -2.30. The number of terminal acetylenes is 1. The molecule has 0 amide bonds. The number of nitrogens with zero attached hydrogens (tertiary/aromatic N) is 3. The van der Waals surface area contributed by atoms with Crippen molar-refractivity contribution in [3.63, 3.8) is 0 Å². The molecule has 1 aliphatic carbocycles. The molecule has 9 heteroatoms. The quantitative estimate of drug-likeness (QED) is 0.0941. The molecule has 0 N–H and O–H groups in total. The largest absolute Gasteiger partial charge is 0.491 e. The summed E-state index contributed by atoms with van der Waals surface area (Å²) in [7, 11) is 0. The molecule has 3 aromatic carbocycles. The van der Waals surface area contributed by atoms with E-state index in [1.54, 1.807) is 18.2 Å². The first kappa shape index (κ1) is 44.8. The number of benzene rings is 3. The number of fused-ring (bicyclic) bond motifs is 2. The smallest absolute Gasteiger partial charge is 0.188 e. The summed E-state index contributed by atoms with van der Waals surface area (Å²) in [6, 6.07) is 22.4. The SMILES string of the molecule is C#CCN(CCCSC(=O)CCCCCN1/C(=C\C=C2/CCCC(/C=C/C3=Nc4ccccc4C3(C)C)=C2Cl)C(C)(C)c2ccccc21)CCOc1ccc(Cl)cc1Cl. The number of allylic oxidation sites excluding steroid dienone is 8. The van der Waals surface area contributed by atoms with Crippen molar-refractivity contribution in [2.24, 2.45) is 4.99 Å². The van der Waals surface area contributed by atoms with Gasteiger partial charge >= 0.3 is 0 Å². The number of para-hydroxylation sites is 2. The van der Waals surface area contributed by atoms with E-state index >= 15 is 0 Å². The first-order valence-electron chi connectivity index (χ1n) is 20.8. The normalized spacial score (nSPS) is 18.2. The van der Waals surface area contributed by atoms with Gasteiger partial charge < -0.3 is 9.64 Å². The molecule has 3 aliphatic rings. The number of carbonyl (C=O) groups excluding carboxylic acids is 1. The Morgan fingerprint density at radius 2 is 1.69 bits per heavy atom. The van der Waals surface area contributed by atoms with E-state index < -0.39 is 0 Å². The summed E-state index contributed by atoms with van der Waals surface area (Å²) in [5, 5.41) is 2.17. The van der Waals surface area contributed by atoms with Gasteiger partial charge in [-0.3, -0.25) is 14.7 Å². The third kappa shape index (κ3) is 11.2. The van der Waals surface area contributed by atoms with E-state index in [1.165, 1.54) is 45.4 Å². The van der Waals surface area contributed by atoms with Gasteiger partial charge in [-0.05, 0) is 103 Å². The van der Waals surface area contributed by atoms with Crippen molar-refractivity contribution in [1.82, 2.24) is 4.90 Å². The Balaban J connectivity index is 0.991. The lowest BCUT2D eigenvalue weighted by molar-refractivity contribution is -0.111. The molecule has 3 aromatic rings. The predicted molar refractivity (Wildman–Crippen MR) is 253 cm³/mol. The summed E-state index contributed by atoms with van der Waals surface area (Å²) >= 11 is 20.8. The zero-order valence-corrected chi connectivity index (χ0v) is 37.9. The van der Waals surface area contributed by atoms with E-state index in [0.717, 1.165) is 80.2 Å². The Hall–Kier alpha value is -3.70. The molecule has 0 saturated heterocycles. The maximum Gasteiger partial charge on any atom is 0.188 e. The van der Waals surface area contributed by atoms with E-state index in [0.29, 0.717) is 41.9 Å². The van der Waals surface area contributed by atoms with Crippen LogP contribution < -0.4 is 9.64 Å². The number of unbranched alkanes of at least 4 members (excludes halogenated alkanes) is 2. The van der Waals surface area contributed by atoms with Gasteiger partial charge in [0.1, 0.15) is 12.4 Å². The highest BCUT2D eigenvalue weighted by Crippen LogP contribution is 2.48. The summed E-state index contributed by atoms with van der Waals surface area (Å²) in [6.07, 6.45) is 21.8. The number of hydrogen-bond acceptors (Lipinski definition) is 6. The van der Waals surface area contributed by atoms with Crippen molar-refractivity contribution in [3.05, 3.63) is 134 Å². The molecular formula is C50H56Cl3N3O2S. The second-order valence-electron chi connectivity index (χ2n) is 16.5. The Labute approximate surface area is 371 Å². The maximum atomic E-state index is 12.8. The van der Waals surface area contributed by atoms with Crippen molar-refractivity contribution in [1.29, 1.82) is 0 Å². The number of thioether (sulfide) groups is 1. The standard InChI is InChI=1S/C50H56Cl3N3O2S/c1-6-29-55(32-33-58-44-26-25-38(51)35-41(44)52)30-15-34-59-47(57)22-8-7-13-31-56-43-21-12-10-19-40(43)50(4,5)46(56)28-24-37-17-14-16-36(48(37)53)23-27-45-49(2,3)39-18-9-11-20-42(39)54-45/h1,9-12,18-21,23-28,35H,7-8,13-17,22,29-34H2,2-5H3/b27-23+,37-24+,46-28-. The topological polar surface area (TPSA) is 45.1 Å². The first-order chi connectivity index (χ1) is 28.4. The number of ether oxygens (including phenoxy) is 1. The number of carbonyl (C=O) groups is 1. The zero-order chi connectivity index (χ0) is 42.0. The van der Waals surface area contributed by atoms with E-state index in [4.69, 9.17) is 51.0 Å². The Bertz CT molecular complexity index is 2190. The average Bonchev–Trinajstić information content (AvgIpc) is 3.60. The van der Waals surface area contributed by atoms with Crippen LogP contribution in [0.2, 0.25) is 10.0 Å². The fourth-order valence-electron chi connectivity index (χ4n) is 8.24. The van der Waals surface area contributed by atoms with Gasteiger partial charge in [0, 0.05) is 64.1 Å². The summed E-state index contributed by atoms with van der Waals surface area (Å²) < 4.78 is 5.84. The van der Waals surface area contributed by atoms with Crippen molar-refractivity contribution in [3.8, 4) is 18.1 Å². The predicted octanol–water partition coefficient (Wildman–Crippen LogP) is 13.4. The average molecular weight is 869 g/mol. The van der Waals surface area contributed by atoms with Crippen LogP contribution in [0.4, 0.5) is 11.4 Å². The summed E-state index contributed by atoms with van der Waals surface area (Å²) in [5.74, 6) is 4.10. The van der Waals surface area contributed by atoms with Gasteiger partial charge in [-0.2, -0.15) is 0 Å². The molecule has 0 spiro atoms. The van der Waals surface area contributed by atoms with Crippen LogP contribution in [0.15, 0.2) is 118 Å². The van der Waals surface area contributed by atoms with Gasteiger partial charge in [-0.1, -0.05) is 135 Å². The Kier molecular flexibility index (Phi) is 15.7. The second kappa shape index (κ2) is 20.7. The molecule has 0 fully saturated rings. The first-order valence-corrected chi connectivity index (χ1v) is 23.0. The van der Waals surface area contributed by atoms with Crippen LogP contribution in [-0.2, 0) is 15.6 Å². The molecule has 5 nitrogen and oxygen atoms in total. The molecule has 0 radical (unpaired) electrons. The number of hydrogen-bond donors (Lipinski definition) is 0. The fourth-order valence-corrected chi connectivity index (χ4v) is 9.81. The highest BCUT2D eigenvalue weighted by molar-refractivity contribution is 8.13. The molecule has 2 heterocycles. The number of anilines is 1. The van der Waals surface area contributed by atoms with E-state index in [9.17, 15) is 4.79 Å². The van der Waals surface area contributed by atoms with Gasteiger partial charge in [0.05, 0.1) is 23.0 Å². The summed E-state index contributed by atoms with van der Waals surface area (Å²) in [6.45, 7) is 12.5. The van der Waals surface area contributed by atoms with Crippen molar-refractivity contribution < 1.29 is 9.53 Å². The third-order valence-electron chi connectivity index (χ3n) is 11.6. The van der Waals surface area contributed by atoms with Crippen molar-refractivity contribution in [2.45, 2.75) is 89.9 Å². The molecule has 0 atom stereocenters. The number of aliphatic imine (C=N–C) groups is 1. The molecule has 0 aromatic heterocycles. The summed E-state index contributed by atoms with van der Waals surface area (Å²) in [4.78, 5) is 22.4. The molecule has 0 bridgehead atoms. The van der Waals surface area contributed by atoms with E-state index in [-0.39, 0.29) is 15.9 Å². The minimum absolute atomic E-state index is 0.141. The van der Waals surface area contributed by atoms with Crippen LogP contribution in [0, 0.1) is 12.3 Å². The van der Waals surface area contributed by atoms with Crippen LogP contribution >= 0.6 is 46.6 Å². The lowest BCUT2D eigenvalue weighted by Gasteiger charge is -2.27. The van der Waals surface area contributed by atoms with Gasteiger partial charge in [0.2, 0.25) is 0 Å². The maximum absolute atomic E-state index is 12.8. The van der Waals surface area contributed by atoms with Gasteiger partial charge in [-0.25, -0.2) is 0 Å². The monoisotopic (exact) mass is 867 g/mol. The van der Waals surface area contributed by atoms with Gasteiger partial charge in [0.15, 0.2) is 5.12 Å². The molecular weight excluding hydrogens is 813 g/mol. The highest BCUT2D eigenvalue weighted by atomic mass is 35.5. The third-order valence-corrected chi connectivity index (χ3v) is 13.7. The van der Waals surface area contributed by atoms with Crippen LogP contribution in [0.5, 0.6) is 5.75 Å².